The van der Waals surface area contributed by atoms with Gasteiger partial charge < -0.3 is 40.9 Å². The normalized spacial score (nSPS) is 10.4. The molecule has 0 aromatic carbocycles. The Morgan fingerprint density at radius 2 is 0.421 bits per heavy atom. The van der Waals surface area contributed by atoms with Gasteiger partial charge in [0.05, 0.1) is 31.8 Å². The van der Waals surface area contributed by atoms with E-state index >= 15 is 0 Å². The first-order valence-corrected chi connectivity index (χ1v) is 22.6. The first-order valence-electron chi connectivity index (χ1n) is 22.6. The molecule has 0 aliphatic heterocycles. The molecule has 0 rings (SSSR count). The third kappa shape index (κ3) is 68.7. The second kappa shape index (κ2) is 55.8. The van der Waals surface area contributed by atoms with Crippen LogP contribution in [0.4, 0.5) is 0 Å². The van der Waals surface area contributed by atoms with E-state index in [9.17, 15) is 19.2 Å². The maximum Gasteiger partial charge on any atom is 0.303 e. The molecule has 12 heteroatoms. The van der Waals surface area contributed by atoms with Crippen molar-refractivity contribution in [1.29, 1.82) is 0 Å². The number of aliphatic hydroxyl groups is 4. The molecule has 0 unspecified atom stereocenters. The van der Waals surface area contributed by atoms with Crippen molar-refractivity contribution in [1.82, 2.24) is 0 Å². The first kappa shape index (κ1) is 63.9. The van der Waals surface area contributed by atoms with Crippen LogP contribution in [0.25, 0.3) is 0 Å². The lowest BCUT2D eigenvalue weighted by molar-refractivity contribution is -0.138. The fraction of sp³-hybridized carbons (Fsp3) is 0.911. The lowest BCUT2D eigenvalue weighted by Crippen LogP contribution is -2.37. The van der Waals surface area contributed by atoms with Crippen LogP contribution in [0.1, 0.15) is 233 Å². The maximum atomic E-state index is 10.1. The molecule has 0 bridgehead atoms. The zero-order chi connectivity index (χ0) is 44.3. The standard InChI is InChI=1S/4C10H20O2.C5H12O4/c4*1-2-3-4-5-6-7-8-9-10(11)12;6-1-5(2-7,3-8)4-9/h4*2-9H2,1H3,(H,11,12);6-9H,1-4H2. The Labute approximate surface area is 348 Å². The number of hydrogen-bond acceptors (Lipinski definition) is 8. The first-order chi connectivity index (χ1) is 27.3. The number of aliphatic hydroxyl groups excluding tert-OH is 4. The number of carbonyl (C=O) groups is 4. The summed E-state index contributed by atoms with van der Waals surface area (Å²) in [6, 6.07) is 0. The molecule has 0 aliphatic rings. The Bertz CT molecular complexity index is 689. The minimum Gasteiger partial charge on any atom is -0.481 e. The summed E-state index contributed by atoms with van der Waals surface area (Å²) in [5, 5.41) is 67.4. The van der Waals surface area contributed by atoms with Crippen LogP contribution < -0.4 is 0 Å². The van der Waals surface area contributed by atoms with Crippen LogP contribution in [-0.4, -0.2) is 91.2 Å². The molecule has 0 saturated heterocycles. The number of hydrogen-bond donors (Lipinski definition) is 8. The van der Waals surface area contributed by atoms with E-state index in [2.05, 4.69) is 27.7 Å². The van der Waals surface area contributed by atoms with Gasteiger partial charge in [-0.15, -0.1) is 0 Å². The Morgan fingerprint density at radius 3 is 0.526 bits per heavy atom. The quantitative estimate of drug-likeness (QED) is 0.0276. The molecular weight excluding hydrogens is 732 g/mol. The minimum absolute atomic E-state index is 0.341. The highest BCUT2D eigenvalue weighted by atomic mass is 16.4. The van der Waals surface area contributed by atoms with E-state index in [0.717, 1.165) is 51.4 Å². The van der Waals surface area contributed by atoms with E-state index in [0.29, 0.717) is 25.7 Å². The number of rotatable bonds is 36. The van der Waals surface area contributed by atoms with Crippen molar-refractivity contribution in [3.05, 3.63) is 0 Å². The lowest BCUT2D eigenvalue weighted by atomic mass is 9.93. The second-order valence-corrected chi connectivity index (χ2v) is 15.2. The molecule has 0 fully saturated rings. The topological polar surface area (TPSA) is 230 Å². The van der Waals surface area contributed by atoms with Gasteiger partial charge in [-0.2, -0.15) is 0 Å². The number of aliphatic carboxylic acids is 4. The molecule has 8 N–H and O–H groups in total. The van der Waals surface area contributed by atoms with Crippen molar-refractivity contribution in [2.75, 3.05) is 26.4 Å². The van der Waals surface area contributed by atoms with Gasteiger partial charge in [0, 0.05) is 25.7 Å². The van der Waals surface area contributed by atoms with Gasteiger partial charge >= 0.3 is 23.9 Å². The summed E-state index contributed by atoms with van der Waals surface area (Å²) in [5.74, 6) is -2.65. The van der Waals surface area contributed by atoms with Crippen molar-refractivity contribution < 1.29 is 60.0 Å². The molecule has 0 amide bonds. The van der Waals surface area contributed by atoms with Crippen molar-refractivity contribution in [2.45, 2.75) is 233 Å². The summed E-state index contributed by atoms with van der Waals surface area (Å²) in [6.07, 6.45) is 34.6. The van der Waals surface area contributed by atoms with Crippen LogP contribution in [-0.2, 0) is 19.2 Å². The fourth-order valence-corrected chi connectivity index (χ4v) is 5.23. The predicted octanol–water partition coefficient (Wildman–Crippen LogP) is 10.8. The zero-order valence-electron chi connectivity index (χ0n) is 37.2. The summed E-state index contributed by atoms with van der Waals surface area (Å²) in [6.45, 7) is 7.17. The van der Waals surface area contributed by atoms with Crippen LogP contribution in [0.5, 0.6) is 0 Å². The van der Waals surface area contributed by atoms with E-state index in [-0.39, 0.29) is 0 Å². The van der Waals surface area contributed by atoms with Crippen molar-refractivity contribution in [3.63, 3.8) is 0 Å². The van der Waals surface area contributed by atoms with Crippen LogP contribution >= 0.6 is 0 Å². The van der Waals surface area contributed by atoms with Gasteiger partial charge in [-0.1, -0.05) is 182 Å². The number of carboxylic acid groups (broad SMARTS) is 4. The van der Waals surface area contributed by atoms with Gasteiger partial charge in [0.25, 0.3) is 0 Å². The highest BCUT2D eigenvalue weighted by Gasteiger charge is 2.26. The van der Waals surface area contributed by atoms with Crippen LogP contribution in [0.2, 0.25) is 0 Å². The highest BCUT2D eigenvalue weighted by molar-refractivity contribution is 5.67. The molecule has 0 heterocycles. The summed E-state index contributed by atoms with van der Waals surface area (Å²) in [7, 11) is 0. The smallest absolute Gasteiger partial charge is 0.303 e. The molecule has 344 valence electrons. The summed E-state index contributed by atoms with van der Waals surface area (Å²) in [5.41, 5.74) is -1.11. The summed E-state index contributed by atoms with van der Waals surface area (Å²) < 4.78 is 0. The SMILES string of the molecule is CCCCCCCCCC(=O)O.CCCCCCCCCC(=O)O.CCCCCCCCCC(=O)O.CCCCCCCCCC(=O)O.OCC(CO)(CO)CO. The van der Waals surface area contributed by atoms with Gasteiger partial charge in [0.15, 0.2) is 0 Å². The Kier molecular flexibility index (Phi) is 62.6. The fourth-order valence-electron chi connectivity index (χ4n) is 5.23. The van der Waals surface area contributed by atoms with Crippen molar-refractivity contribution >= 4 is 23.9 Å². The Balaban J connectivity index is -0.000000198. The minimum atomic E-state index is -1.11. The monoisotopic (exact) mass is 825 g/mol. The van der Waals surface area contributed by atoms with Crippen molar-refractivity contribution in [3.8, 4) is 0 Å². The number of carboxylic acids is 4. The van der Waals surface area contributed by atoms with Gasteiger partial charge in [-0.25, -0.2) is 0 Å². The van der Waals surface area contributed by atoms with E-state index in [1.54, 1.807) is 0 Å². The lowest BCUT2D eigenvalue weighted by Gasteiger charge is -2.23. The van der Waals surface area contributed by atoms with Crippen molar-refractivity contribution in [2.24, 2.45) is 5.41 Å². The van der Waals surface area contributed by atoms with E-state index in [1.165, 1.54) is 128 Å². The predicted molar refractivity (Wildman–Crippen MR) is 232 cm³/mol. The van der Waals surface area contributed by atoms with Crippen LogP contribution in [0, 0.1) is 5.41 Å². The second-order valence-electron chi connectivity index (χ2n) is 15.2. The Morgan fingerprint density at radius 1 is 0.281 bits per heavy atom. The molecule has 0 aliphatic carbocycles. The van der Waals surface area contributed by atoms with E-state index in [1.807, 2.05) is 0 Å². The molecule has 0 aromatic rings. The molecule has 0 atom stereocenters. The third-order valence-corrected chi connectivity index (χ3v) is 9.32. The number of unbranched alkanes of at least 4 members (excludes halogenated alkanes) is 24. The molecule has 12 nitrogen and oxygen atoms in total. The van der Waals surface area contributed by atoms with Gasteiger partial charge in [-0.3, -0.25) is 19.2 Å². The largest absolute Gasteiger partial charge is 0.481 e. The third-order valence-electron chi connectivity index (χ3n) is 9.32. The Hall–Kier alpha value is -2.28. The average molecular weight is 825 g/mol. The zero-order valence-corrected chi connectivity index (χ0v) is 37.2. The highest BCUT2D eigenvalue weighted by Crippen LogP contribution is 2.13. The summed E-state index contributed by atoms with van der Waals surface area (Å²) in [4.78, 5) is 40.5. The van der Waals surface area contributed by atoms with Gasteiger partial charge in [-0.05, 0) is 25.7 Å². The molecule has 0 saturated carbocycles. The molecule has 0 radical (unpaired) electrons. The molecule has 0 spiro atoms. The molecular formula is C45H92O12. The van der Waals surface area contributed by atoms with Crippen LogP contribution in [0.15, 0.2) is 0 Å². The van der Waals surface area contributed by atoms with E-state index < -0.39 is 55.7 Å². The molecule has 0 aromatic heterocycles. The molecule has 57 heavy (non-hydrogen) atoms. The maximum absolute atomic E-state index is 10.1. The summed E-state index contributed by atoms with van der Waals surface area (Å²) >= 11 is 0. The van der Waals surface area contributed by atoms with E-state index in [4.69, 9.17) is 40.9 Å². The van der Waals surface area contributed by atoms with Gasteiger partial charge in [0.2, 0.25) is 0 Å². The van der Waals surface area contributed by atoms with Crippen LogP contribution in [0.3, 0.4) is 0 Å². The van der Waals surface area contributed by atoms with Gasteiger partial charge in [0.1, 0.15) is 0 Å². The average Bonchev–Trinajstić information content (AvgIpc) is 3.18.